The number of thioether (sulfide) groups is 1. The van der Waals surface area contributed by atoms with Gasteiger partial charge in [0.15, 0.2) is 5.82 Å². The number of methoxy groups -OCH3 is 2. The molecule has 0 saturated carbocycles. The van der Waals surface area contributed by atoms with Crippen molar-refractivity contribution in [3.63, 3.8) is 0 Å². The Morgan fingerprint density at radius 3 is 2.39 bits per heavy atom. The van der Waals surface area contributed by atoms with Crippen LogP contribution < -0.4 is 20.1 Å². The highest BCUT2D eigenvalue weighted by Gasteiger charge is 2.14. The number of aryl methyl sites for hydroxylation is 1. The molecule has 10 heteroatoms. The van der Waals surface area contributed by atoms with Crippen LogP contribution in [-0.2, 0) is 9.59 Å². The van der Waals surface area contributed by atoms with Crippen LogP contribution in [0.3, 0.4) is 0 Å². The summed E-state index contributed by atoms with van der Waals surface area (Å²) in [5.74, 6) is 1.57. The van der Waals surface area contributed by atoms with E-state index in [0.717, 1.165) is 11.3 Å². The van der Waals surface area contributed by atoms with Crippen LogP contribution >= 0.6 is 11.8 Å². The third-order valence-corrected chi connectivity index (χ3v) is 5.13. The molecule has 3 rings (SSSR count). The van der Waals surface area contributed by atoms with Crippen molar-refractivity contribution in [3.05, 3.63) is 48.0 Å². The summed E-state index contributed by atoms with van der Waals surface area (Å²) >= 11 is 1.20. The Bertz CT molecular complexity index is 1050. The van der Waals surface area contributed by atoms with Crippen molar-refractivity contribution in [1.29, 1.82) is 0 Å². The van der Waals surface area contributed by atoms with Crippen LogP contribution in [0, 0.1) is 6.92 Å². The van der Waals surface area contributed by atoms with Crippen molar-refractivity contribution >= 4 is 35.2 Å². The number of anilines is 2. The summed E-state index contributed by atoms with van der Waals surface area (Å²) in [5.41, 5.74) is 2.52. The van der Waals surface area contributed by atoms with Crippen LogP contribution in [0.25, 0.3) is 11.4 Å². The summed E-state index contributed by atoms with van der Waals surface area (Å²) < 4.78 is 10.5. The average Bonchev–Trinajstić information content (AvgIpc) is 3.22. The van der Waals surface area contributed by atoms with Gasteiger partial charge in [-0.2, -0.15) is 4.98 Å². The van der Waals surface area contributed by atoms with E-state index in [4.69, 9.17) is 9.47 Å². The van der Waals surface area contributed by atoms with Gasteiger partial charge in [-0.25, -0.2) is 0 Å². The summed E-state index contributed by atoms with van der Waals surface area (Å²) in [4.78, 5) is 28.4. The number of hydrogen-bond acceptors (Lipinski definition) is 7. The van der Waals surface area contributed by atoms with E-state index in [9.17, 15) is 9.59 Å². The fraction of sp³-hybridized carbons (Fsp3) is 0.238. The van der Waals surface area contributed by atoms with Crippen molar-refractivity contribution in [2.24, 2.45) is 0 Å². The molecule has 0 bridgehead atoms. The number of nitrogens with zero attached hydrogens (tertiary/aromatic N) is 2. The predicted molar refractivity (Wildman–Crippen MR) is 121 cm³/mol. The molecule has 0 aliphatic rings. The predicted octanol–water partition coefficient (Wildman–Crippen LogP) is 3.11. The van der Waals surface area contributed by atoms with Gasteiger partial charge in [0.05, 0.1) is 31.3 Å². The Morgan fingerprint density at radius 2 is 1.71 bits per heavy atom. The number of benzene rings is 2. The molecule has 0 aliphatic carbocycles. The maximum absolute atomic E-state index is 12.1. The number of carbonyl (C=O) groups is 2. The fourth-order valence-corrected chi connectivity index (χ4v) is 3.28. The number of aromatic amines is 1. The Labute approximate surface area is 183 Å². The van der Waals surface area contributed by atoms with Gasteiger partial charge in [0.1, 0.15) is 11.5 Å². The van der Waals surface area contributed by atoms with E-state index in [1.807, 2.05) is 31.2 Å². The number of hydrogen-bond donors (Lipinski definition) is 3. The van der Waals surface area contributed by atoms with Crippen molar-refractivity contribution < 1.29 is 19.1 Å². The molecule has 0 spiro atoms. The van der Waals surface area contributed by atoms with Crippen LogP contribution in [0.1, 0.15) is 5.56 Å². The molecule has 0 radical (unpaired) electrons. The van der Waals surface area contributed by atoms with Gasteiger partial charge >= 0.3 is 0 Å². The second-order valence-electron chi connectivity index (χ2n) is 6.53. The minimum atomic E-state index is -0.305. The smallest absolute Gasteiger partial charge is 0.249 e. The molecule has 0 unspecified atom stereocenters. The van der Waals surface area contributed by atoms with Crippen LogP contribution in [0.4, 0.5) is 11.6 Å². The van der Waals surface area contributed by atoms with E-state index < -0.39 is 0 Å². The first-order valence-corrected chi connectivity index (χ1v) is 10.5. The van der Waals surface area contributed by atoms with Gasteiger partial charge in [0.2, 0.25) is 17.8 Å². The van der Waals surface area contributed by atoms with Crippen LogP contribution in [0.2, 0.25) is 0 Å². The minimum Gasteiger partial charge on any atom is -0.497 e. The number of amides is 2. The standard InChI is InChI=1S/C21H23N5O4S/c1-13-4-6-14(7-5-13)22-18(27)11-31-12-19(28)23-21-24-20(25-26-21)16-9-8-15(29-2)10-17(16)30-3/h4-10H,11-12H2,1-3H3,(H,22,27)(H2,23,24,25,26,28). The van der Waals surface area contributed by atoms with E-state index in [0.29, 0.717) is 22.9 Å². The van der Waals surface area contributed by atoms with E-state index >= 15 is 0 Å². The zero-order valence-corrected chi connectivity index (χ0v) is 18.2. The Kier molecular flexibility index (Phi) is 7.50. The molecule has 1 heterocycles. The molecular weight excluding hydrogens is 418 g/mol. The van der Waals surface area contributed by atoms with Crippen molar-refractivity contribution in [3.8, 4) is 22.9 Å². The highest BCUT2D eigenvalue weighted by atomic mass is 32.2. The topological polar surface area (TPSA) is 118 Å². The van der Waals surface area contributed by atoms with Crippen molar-refractivity contribution in [1.82, 2.24) is 15.2 Å². The Balaban J connectivity index is 1.49. The largest absolute Gasteiger partial charge is 0.497 e. The molecule has 0 saturated heterocycles. The number of aromatic nitrogens is 3. The first-order chi connectivity index (χ1) is 15.0. The first-order valence-electron chi connectivity index (χ1n) is 9.37. The summed E-state index contributed by atoms with van der Waals surface area (Å²) in [7, 11) is 3.12. The maximum Gasteiger partial charge on any atom is 0.249 e. The first kappa shape index (κ1) is 22.2. The molecule has 9 nitrogen and oxygen atoms in total. The fourth-order valence-electron chi connectivity index (χ4n) is 2.66. The van der Waals surface area contributed by atoms with Crippen molar-refractivity contribution in [2.45, 2.75) is 6.92 Å². The number of nitrogens with one attached hydrogen (secondary N) is 3. The quantitative estimate of drug-likeness (QED) is 0.467. The molecule has 3 aromatic rings. The molecule has 31 heavy (non-hydrogen) atoms. The van der Waals surface area contributed by atoms with Gasteiger partial charge in [-0.3, -0.25) is 20.0 Å². The van der Waals surface area contributed by atoms with E-state index in [-0.39, 0.29) is 29.3 Å². The number of H-pyrrole nitrogens is 1. The Morgan fingerprint density at radius 1 is 1.00 bits per heavy atom. The average molecular weight is 442 g/mol. The molecule has 0 fully saturated rings. The summed E-state index contributed by atoms with van der Waals surface area (Å²) in [5, 5.41) is 12.2. The molecule has 3 N–H and O–H groups in total. The third-order valence-electron chi connectivity index (χ3n) is 4.20. The molecule has 0 aliphatic heterocycles. The van der Waals surface area contributed by atoms with E-state index in [1.165, 1.54) is 11.8 Å². The lowest BCUT2D eigenvalue weighted by molar-refractivity contribution is -0.114. The molecule has 1 aromatic heterocycles. The van der Waals surface area contributed by atoms with E-state index in [1.54, 1.807) is 32.4 Å². The highest BCUT2D eigenvalue weighted by molar-refractivity contribution is 8.00. The second-order valence-corrected chi connectivity index (χ2v) is 7.51. The number of carbonyl (C=O) groups excluding carboxylic acids is 2. The highest BCUT2D eigenvalue weighted by Crippen LogP contribution is 2.31. The molecular formula is C21H23N5O4S. The van der Waals surface area contributed by atoms with Gasteiger partial charge in [0.25, 0.3) is 0 Å². The summed E-state index contributed by atoms with van der Waals surface area (Å²) in [6, 6.07) is 12.8. The maximum atomic E-state index is 12.1. The number of ether oxygens (including phenoxy) is 2. The SMILES string of the molecule is COc1ccc(-c2nc(NC(=O)CSCC(=O)Nc3ccc(C)cc3)n[nH]2)c(OC)c1. The van der Waals surface area contributed by atoms with Gasteiger partial charge in [-0.15, -0.1) is 16.9 Å². The normalized spacial score (nSPS) is 10.4. The lowest BCUT2D eigenvalue weighted by atomic mass is 10.2. The van der Waals surface area contributed by atoms with Gasteiger partial charge in [-0.05, 0) is 31.2 Å². The number of rotatable bonds is 9. The minimum absolute atomic E-state index is 0.0943. The molecule has 2 aromatic carbocycles. The van der Waals surface area contributed by atoms with Gasteiger partial charge in [0, 0.05) is 11.8 Å². The van der Waals surface area contributed by atoms with Crippen LogP contribution in [0.15, 0.2) is 42.5 Å². The monoisotopic (exact) mass is 441 g/mol. The molecule has 2 amide bonds. The molecule has 162 valence electrons. The second kappa shape index (κ2) is 10.5. The van der Waals surface area contributed by atoms with Crippen LogP contribution in [0.5, 0.6) is 11.5 Å². The van der Waals surface area contributed by atoms with E-state index in [2.05, 4.69) is 25.8 Å². The van der Waals surface area contributed by atoms with Crippen LogP contribution in [-0.4, -0.2) is 52.7 Å². The van der Waals surface area contributed by atoms with Gasteiger partial charge < -0.3 is 14.8 Å². The molecule has 0 atom stereocenters. The zero-order valence-electron chi connectivity index (χ0n) is 17.4. The van der Waals surface area contributed by atoms with Gasteiger partial charge in [-0.1, -0.05) is 17.7 Å². The lowest BCUT2D eigenvalue weighted by Gasteiger charge is -2.07. The lowest BCUT2D eigenvalue weighted by Crippen LogP contribution is -2.19. The summed E-state index contributed by atoms with van der Waals surface area (Å²) in [6.45, 7) is 1.98. The summed E-state index contributed by atoms with van der Waals surface area (Å²) in [6.07, 6.45) is 0. The van der Waals surface area contributed by atoms with Crippen molar-refractivity contribution in [2.75, 3.05) is 36.4 Å². The third kappa shape index (κ3) is 6.22. The zero-order chi connectivity index (χ0) is 22.2. The Hall–Kier alpha value is -3.53.